The summed E-state index contributed by atoms with van der Waals surface area (Å²) in [6.07, 6.45) is 0. The first-order chi connectivity index (χ1) is 15.3. The first-order valence-corrected chi connectivity index (χ1v) is 11.3. The van der Waals surface area contributed by atoms with Crippen molar-refractivity contribution in [3.63, 3.8) is 0 Å². The van der Waals surface area contributed by atoms with E-state index in [1.165, 1.54) is 23.9 Å². The smallest absolute Gasteiger partial charge is 0.262 e. The molecule has 0 aliphatic carbocycles. The summed E-state index contributed by atoms with van der Waals surface area (Å²) < 4.78 is 14.9. The SMILES string of the molecule is Cc1cc(C)c(C(=O)CSc2nc3ccccc3c(=O)n2Cc2ccc(F)cc2)cc1C. The molecule has 0 fully saturated rings. The molecule has 0 unspecified atom stereocenters. The second-order valence-electron chi connectivity index (χ2n) is 7.89. The number of benzene rings is 3. The molecule has 0 spiro atoms. The van der Waals surface area contributed by atoms with Gasteiger partial charge in [0, 0.05) is 5.56 Å². The number of ketones is 1. The van der Waals surface area contributed by atoms with E-state index in [2.05, 4.69) is 4.98 Å². The summed E-state index contributed by atoms with van der Waals surface area (Å²) in [5.74, 6) is -0.176. The molecule has 32 heavy (non-hydrogen) atoms. The number of hydrogen-bond acceptors (Lipinski definition) is 4. The third-order valence-electron chi connectivity index (χ3n) is 5.55. The Morgan fingerprint density at radius 1 is 0.969 bits per heavy atom. The number of Topliss-reactive ketones (excluding diaryl/α,β-unsaturated/α-hetero) is 1. The molecule has 0 bridgehead atoms. The number of nitrogens with zero attached hydrogens (tertiary/aromatic N) is 2. The maximum absolute atomic E-state index is 13.3. The summed E-state index contributed by atoms with van der Waals surface area (Å²) in [6.45, 7) is 6.20. The van der Waals surface area contributed by atoms with Crippen molar-refractivity contribution < 1.29 is 9.18 Å². The number of thioether (sulfide) groups is 1. The van der Waals surface area contributed by atoms with E-state index < -0.39 is 0 Å². The first kappa shape index (κ1) is 22.0. The van der Waals surface area contributed by atoms with E-state index in [0.717, 1.165) is 22.3 Å². The number of aryl methyl sites for hydroxylation is 3. The van der Waals surface area contributed by atoms with E-state index in [1.807, 2.05) is 39.0 Å². The lowest BCUT2D eigenvalue weighted by Crippen LogP contribution is -2.24. The van der Waals surface area contributed by atoms with Crippen LogP contribution in [0.25, 0.3) is 10.9 Å². The van der Waals surface area contributed by atoms with Crippen molar-refractivity contribution in [2.24, 2.45) is 0 Å². The molecule has 0 aliphatic rings. The highest BCUT2D eigenvalue weighted by Crippen LogP contribution is 2.22. The second-order valence-corrected chi connectivity index (χ2v) is 8.84. The normalized spacial score (nSPS) is 11.1. The maximum Gasteiger partial charge on any atom is 0.262 e. The number of halogens is 1. The van der Waals surface area contributed by atoms with Gasteiger partial charge in [0.15, 0.2) is 10.9 Å². The van der Waals surface area contributed by atoms with Gasteiger partial charge in [0.25, 0.3) is 5.56 Å². The molecule has 1 aromatic heterocycles. The summed E-state index contributed by atoms with van der Waals surface area (Å²) in [4.78, 5) is 30.9. The van der Waals surface area contributed by atoms with E-state index in [-0.39, 0.29) is 29.5 Å². The van der Waals surface area contributed by atoms with Crippen molar-refractivity contribution in [2.45, 2.75) is 32.5 Å². The molecule has 1 heterocycles. The number of carbonyl (C=O) groups is 1. The van der Waals surface area contributed by atoms with E-state index >= 15 is 0 Å². The highest BCUT2D eigenvalue weighted by atomic mass is 32.2. The largest absolute Gasteiger partial charge is 0.293 e. The van der Waals surface area contributed by atoms with Gasteiger partial charge in [-0.2, -0.15) is 0 Å². The summed E-state index contributed by atoms with van der Waals surface area (Å²) >= 11 is 1.25. The Bertz CT molecular complexity index is 1380. The molecule has 162 valence electrons. The van der Waals surface area contributed by atoms with Crippen LogP contribution in [0.5, 0.6) is 0 Å². The number of hydrogen-bond donors (Lipinski definition) is 0. The lowest BCUT2D eigenvalue weighted by atomic mass is 9.99. The fraction of sp³-hybridized carbons (Fsp3) is 0.192. The summed E-state index contributed by atoms with van der Waals surface area (Å²) in [6, 6.07) is 17.1. The number of carbonyl (C=O) groups excluding carboxylic acids is 1. The van der Waals surface area contributed by atoms with Gasteiger partial charge in [-0.15, -0.1) is 0 Å². The van der Waals surface area contributed by atoms with E-state index in [0.29, 0.717) is 21.6 Å². The van der Waals surface area contributed by atoms with Gasteiger partial charge < -0.3 is 0 Å². The Morgan fingerprint density at radius 3 is 2.41 bits per heavy atom. The van der Waals surface area contributed by atoms with Crippen molar-refractivity contribution >= 4 is 28.4 Å². The average molecular weight is 447 g/mol. The maximum atomic E-state index is 13.3. The minimum absolute atomic E-state index is 0.00802. The Kier molecular flexibility index (Phi) is 6.24. The predicted molar refractivity (Wildman–Crippen MR) is 127 cm³/mol. The molecule has 0 saturated heterocycles. The molecule has 0 aliphatic heterocycles. The minimum Gasteiger partial charge on any atom is -0.293 e. The number of aromatic nitrogens is 2. The zero-order chi connectivity index (χ0) is 22.8. The summed E-state index contributed by atoms with van der Waals surface area (Å²) in [7, 11) is 0. The van der Waals surface area contributed by atoms with Gasteiger partial charge in [-0.05, 0) is 73.4 Å². The van der Waals surface area contributed by atoms with Crippen LogP contribution in [0.4, 0.5) is 4.39 Å². The zero-order valence-corrected chi connectivity index (χ0v) is 19.0. The molecule has 6 heteroatoms. The topological polar surface area (TPSA) is 52.0 Å². The third-order valence-corrected chi connectivity index (χ3v) is 6.53. The standard InChI is InChI=1S/C26H23FN2O2S/c1-16-12-18(3)22(13-17(16)2)24(30)15-32-26-28-23-7-5-4-6-21(23)25(31)29(26)14-19-8-10-20(27)11-9-19/h4-13H,14-15H2,1-3H3. The molecule has 0 amide bonds. The second kappa shape index (κ2) is 9.09. The van der Waals surface area contributed by atoms with Crippen LogP contribution in [0.15, 0.2) is 70.6 Å². The molecule has 3 aromatic carbocycles. The monoisotopic (exact) mass is 446 g/mol. The van der Waals surface area contributed by atoms with Gasteiger partial charge in [-0.1, -0.05) is 42.1 Å². The molecule has 4 rings (SSSR count). The van der Waals surface area contributed by atoms with Gasteiger partial charge in [0.05, 0.1) is 23.2 Å². The van der Waals surface area contributed by atoms with Crippen molar-refractivity contribution in [1.82, 2.24) is 9.55 Å². The van der Waals surface area contributed by atoms with Crippen LogP contribution in [-0.4, -0.2) is 21.1 Å². The molecule has 4 aromatic rings. The quantitative estimate of drug-likeness (QED) is 0.223. The minimum atomic E-state index is -0.332. The van der Waals surface area contributed by atoms with Crippen LogP contribution in [-0.2, 0) is 6.54 Å². The summed E-state index contributed by atoms with van der Waals surface area (Å²) in [5.41, 5.74) is 5.03. The highest BCUT2D eigenvalue weighted by Gasteiger charge is 2.16. The Morgan fingerprint density at radius 2 is 1.66 bits per heavy atom. The number of fused-ring (bicyclic) bond motifs is 1. The van der Waals surface area contributed by atoms with Crippen LogP contribution in [0, 0.1) is 26.6 Å². The Balaban J connectivity index is 1.69. The predicted octanol–water partition coefficient (Wildman–Crippen LogP) is 5.48. The van der Waals surface area contributed by atoms with E-state index in [4.69, 9.17) is 0 Å². The van der Waals surface area contributed by atoms with Crippen molar-refractivity contribution in [1.29, 1.82) is 0 Å². The van der Waals surface area contributed by atoms with Crippen LogP contribution < -0.4 is 5.56 Å². The number of para-hydroxylation sites is 1. The van der Waals surface area contributed by atoms with Gasteiger partial charge >= 0.3 is 0 Å². The van der Waals surface area contributed by atoms with E-state index in [9.17, 15) is 14.0 Å². The van der Waals surface area contributed by atoms with E-state index in [1.54, 1.807) is 34.9 Å². The Hall–Kier alpha value is -3.25. The van der Waals surface area contributed by atoms with Crippen molar-refractivity contribution in [3.8, 4) is 0 Å². The van der Waals surface area contributed by atoms with Gasteiger partial charge in [0.1, 0.15) is 5.82 Å². The third kappa shape index (κ3) is 4.50. The average Bonchev–Trinajstić information content (AvgIpc) is 2.78. The van der Waals surface area contributed by atoms with Gasteiger partial charge in [-0.25, -0.2) is 9.37 Å². The lowest BCUT2D eigenvalue weighted by Gasteiger charge is -2.14. The molecule has 4 nitrogen and oxygen atoms in total. The van der Waals surface area contributed by atoms with Crippen LogP contribution in [0.1, 0.15) is 32.6 Å². The van der Waals surface area contributed by atoms with Crippen LogP contribution in [0.2, 0.25) is 0 Å². The molecule has 0 N–H and O–H groups in total. The van der Waals surface area contributed by atoms with Crippen LogP contribution in [0.3, 0.4) is 0 Å². The number of rotatable bonds is 6. The first-order valence-electron chi connectivity index (χ1n) is 10.3. The fourth-order valence-electron chi connectivity index (χ4n) is 3.64. The molecule has 0 atom stereocenters. The Labute approximate surface area is 190 Å². The molecule has 0 saturated carbocycles. The zero-order valence-electron chi connectivity index (χ0n) is 18.2. The molecular formula is C26H23FN2O2S. The lowest BCUT2D eigenvalue weighted by molar-refractivity contribution is 0.102. The molecule has 0 radical (unpaired) electrons. The van der Waals surface area contributed by atoms with Gasteiger partial charge in [0.2, 0.25) is 0 Å². The highest BCUT2D eigenvalue weighted by molar-refractivity contribution is 7.99. The van der Waals surface area contributed by atoms with Gasteiger partial charge in [-0.3, -0.25) is 14.2 Å². The fourth-order valence-corrected chi connectivity index (χ4v) is 4.52. The van der Waals surface area contributed by atoms with Crippen molar-refractivity contribution in [2.75, 3.05) is 5.75 Å². The molecular weight excluding hydrogens is 423 g/mol. The summed E-state index contributed by atoms with van der Waals surface area (Å²) in [5, 5.41) is 0.975. The van der Waals surface area contributed by atoms with Crippen molar-refractivity contribution in [3.05, 3.63) is 105 Å². The van der Waals surface area contributed by atoms with Crippen LogP contribution >= 0.6 is 11.8 Å².